The number of methoxy groups -OCH3 is 1. The van der Waals surface area contributed by atoms with Crippen LogP contribution in [-0.4, -0.2) is 40.3 Å². The molecular weight excluding hydrogens is 557 g/mol. The van der Waals surface area contributed by atoms with Gasteiger partial charge in [-0.15, -0.1) is 0 Å². The molecule has 1 unspecified atom stereocenters. The molecule has 3 heterocycles. The van der Waals surface area contributed by atoms with E-state index in [2.05, 4.69) is 10.6 Å². The number of imidazole rings is 1. The molecule has 1 saturated heterocycles. The van der Waals surface area contributed by atoms with Crippen molar-refractivity contribution in [2.75, 3.05) is 13.7 Å². The predicted octanol–water partition coefficient (Wildman–Crippen LogP) is 7.21. The first-order chi connectivity index (χ1) is 20.4. The van der Waals surface area contributed by atoms with Gasteiger partial charge in [0.05, 0.1) is 36.4 Å². The van der Waals surface area contributed by atoms with Gasteiger partial charge < -0.3 is 18.8 Å². The number of esters is 1. The summed E-state index contributed by atoms with van der Waals surface area (Å²) < 4.78 is 33.1. The molecule has 3 fully saturated rings. The summed E-state index contributed by atoms with van der Waals surface area (Å²) in [5.74, 6) is 1.65. The highest BCUT2D eigenvalue weighted by atomic mass is 35.5. The van der Waals surface area contributed by atoms with Crippen LogP contribution in [-0.2, 0) is 22.6 Å². The largest absolute Gasteiger partial charge is 0.473 e. The Morgan fingerprint density at radius 1 is 1.12 bits per heavy atom. The molecule has 3 aliphatic rings. The van der Waals surface area contributed by atoms with E-state index in [-0.39, 0.29) is 29.9 Å². The van der Waals surface area contributed by atoms with Gasteiger partial charge in [-0.05, 0) is 80.3 Å². The van der Waals surface area contributed by atoms with Gasteiger partial charge in [0.1, 0.15) is 18.2 Å². The second-order valence-corrected chi connectivity index (χ2v) is 12.3. The molecule has 2 aliphatic carbocycles. The van der Waals surface area contributed by atoms with Gasteiger partial charge in [-0.25, -0.2) is 19.2 Å². The number of benzene rings is 2. The van der Waals surface area contributed by atoms with Crippen LogP contribution >= 0.6 is 11.6 Å². The van der Waals surface area contributed by atoms with Crippen LogP contribution in [0.15, 0.2) is 54.6 Å². The molecule has 7 nitrogen and oxygen atoms in total. The van der Waals surface area contributed by atoms with E-state index < -0.39 is 0 Å². The highest BCUT2D eigenvalue weighted by Gasteiger charge is 2.57. The fourth-order valence-electron chi connectivity index (χ4n) is 6.76. The smallest absolute Gasteiger partial charge is 0.337 e. The minimum Gasteiger partial charge on any atom is -0.473 e. The minimum absolute atomic E-state index is 0.100. The van der Waals surface area contributed by atoms with E-state index in [0.29, 0.717) is 33.9 Å². The van der Waals surface area contributed by atoms with Crippen molar-refractivity contribution in [3.8, 4) is 5.88 Å². The Labute approximate surface area is 249 Å². The van der Waals surface area contributed by atoms with Crippen molar-refractivity contribution in [1.82, 2.24) is 14.5 Å². The van der Waals surface area contributed by atoms with Crippen LogP contribution in [0.5, 0.6) is 5.88 Å². The minimum atomic E-state index is -0.382. The van der Waals surface area contributed by atoms with Crippen LogP contribution in [0, 0.1) is 11.2 Å². The first-order valence-corrected chi connectivity index (χ1v) is 15.0. The number of rotatable bonds is 8. The Morgan fingerprint density at radius 3 is 2.69 bits per heavy atom. The number of ether oxygens (including phenoxy) is 3. The standard InChI is InChI=1S/C33H33ClFN3O4/c1-40-32(39)21-6-8-28-29(15-21)38(18-24-11-14-41-24)31(37-28)25-17-33(25)12-9-20(10-13-33)27-3-2-4-30(36-27)42-19-22-5-7-23(34)16-26(22)35/h2-8,15-16,20,24-25H,9-14,17-19H2,1H3/t20?,24-,25?,33?/m0/s1. The number of carbonyl (C=O) groups excluding carboxylic acids is 1. The average molecular weight is 590 g/mol. The number of carbonyl (C=O) groups is 1. The molecule has 2 saturated carbocycles. The van der Waals surface area contributed by atoms with Gasteiger partial charge in [-0.2, -0.15) is 0 Å². The fourth-order valence-corrected chi connectivity index (χ4v) is 6.92. The van der Waals surface area contributed by atoms with Gasteiger partial charge in [0, 0.05) is 40.8 Å². The Morgan fingerprint density at radius 2 is 1.95 bits per heavy atom. The molecule has 218 valence electrons. The third-order valence-corrected chi connectivity index (χ3v) is 9.65. The van der Waals surface area contributed by atoms with E-state index in [4.69, 9.17) is 35.8 Å². The monoisotopic (exact) mass is 589 g/mol. The number of aromatic nitrogens is 3. The highest BCUT2D eigenvalue weighted by molar-refractivity contribution is 6.30. The highest BCUT2D eigenvalue weighted by Crippen LogP contribution is 2.67. The molecule has 4 aromatic rings. The van der Waals surface area contributed by atoms with E-state index in [9.17, 15) is 9.18 Å². The quantitative estimate of drug-likeness (QED) is 0.202. The summed E-state index contributed by atoms with van der Waals surface area (Å²) in [4.78, 5) is 22.1. The molecule has 0 bridgehead atoms. The normalized spacial score (nSPS) is 24.9. The first kappa shape index (κ1) is 27.3. The molecule has 42 heavy (non-hydrogen) atoms. The third-order valence-electron chi connectivity index (χ3n) is 9.42. The SMILES string of the molecule is COC(=O)c1ccc2nc(C3CC34CCC(c3cccc(OCc5ccc(Cl)cc5F)n3)CC4)n(C[C@@H]3CCO3)c2c1. The van der Waals surface area contributed by atoms with E-state index in [1.807, 2.05) is 24.3 Å². The zero-order valence-electron chi connectivity index (χ0n) is 23.5. The molecule has 2 aromatic carbocycles. The molecule has 0 radical (unpaired) electrons. The molecule has 7 rings (SSSR count). The predicted molar refractivity (Wildman–Crippen MR) is 156 cm³/mol. The average Bonchev–Trinajstić information content (AvgIpc) is 3.55. The Kier molecular flexibility index (Phi) is 7.14. The van der Waals surface area contributed by atoms with Gasteiger partial charge in [0.15, 0.2) is 0 Å². The molecule has 0 amide bonds. The molecule has 1 spiro atoms. The van der Waals surface area contributed by atoms with Crippen LogP contribution in [0.2, 0.25) is 5.02 Å². The van der Waals surface area contributed by atoms with Crippen molar-refractivity contribution in [2.45, 2.75) is 69.6 Å². The summed E-state index contributed by atoms with van der Waals surface area (Å²) in [6.07, 6.45) is 6.68. The van der Waals surface area contributed by atoms with Gasteiger partial charge in [-0.3, -0.25) is 0 Å². The summed E-state index contributed by atoms with van der Waals surface area (Å²) in [6.45, 7) is 1.65. The zero-order chi connectivity index (χ0) is 28.8. The molecule has 2 atom stereocenters. The molecular formula is C33H33ClFN3O4. The van der Waals surface area contributed by atoms with E-state index in [1.54, 1.807) is 18.2 Å². The summed E-state index contributed by atoms with van der Waals surface area (Å²) in [5.41, 5.74) is 4.14. The van der Waals surface area contributed by atoms with Crippen molar-refractivity contribution in [2.24, 2.45) is 5.41 Å². The molecule has 1 aliphatic heterocycles. The third kappa shape index (κ3) is 5.15. The van der Waals surface area contributed by atoms with E-state index in [1.165, 1.54) is 13.2 Å². The number of nitrogens with zero attached hydrogens (tertiary/aromatic N) is 3. The number of fused-ring (bicyclic) bond motifs is 1. The van der Waals surface area contributed by atoms with E-state index in [0.717, 1.165) is 74.2 Å². The topological polar surface area (TPSA) is 75.5 Å². The van der Waals surface area contributed by atoms with Crippen molar-refractivity contribution in [3.05, 3.63) is 88.1 Å². The summed E-state index contributed by atoms with van der Waals surface area (Å²) >= 11 is 5.87. The summed E-state index contributed by atoms with van der Waals surface area (Å²) in [6, 6.07) is 16.1. The van der Waals surface area contributed by atoms with Gasteiger partial charge >= 0.3 is 5.97 Å². The molecule has 2 aromatic heterocycles. The lowest BCUT2D eigenvalue weighted by molar-refractivity contribution is -0.0590. The Hall–Kier alpha value is -3.49. The van der Waals surface area contributed by atoms with Gasteiger partial charge in [-0.1, -0.05) is 23.7 Å². The maximum absolute atomic E-state index is 14.2. The first-order valence-electron chi connectivity index (χ1n) is 14.7. The van der Waals surface area contributed by atoms with Crippen LogP contribution in [0.1, 0.15) is 77.8 Å². The second-order valence-electron chi connectivity index (χ2n) is 11.9. The molecule has 9 heteroatoms. The maximum atomic E-state index is 14.2. The Bertz CT molecular complexity index is 1640. The van der Waals surface area contributed by atoms with Crippen molar-refractivity contribution >= 4 is 28.6 Å². The summed E-state index contributed by atoms with van der Waals surface area (Å²) in [5, 5.41) is 0.363. The second kappa shape index (κ2) is 11.0. The zero-order valence-corrected chi connectivity index (χ0v) is 24.3. The number of pyridine rings is 1. The van der Waals surface area contributed by atoms with Crippen LogP contribution in [0.3, 0.4) is 0 Å². The lowest BCUT2D eigenvalue weighted by Gasteiger charge is -2.30. The van der Waals surface area contributed by atoms with Crippen LogP contribution < -0.4 is 4.74 Å². The van der Waals surface area contributed by atoms with Crippen molar-refractivity contribution in [1.29, 1.82) is 0 Å². The fraction of sp³-hybridized carbons (Fsp3) is 0.424. The van der Waals surface area contributed by atoms with Crippen LogP contribution in [0.25, 0.3) is 11.0 Å². The number of hydrogen-bond acceptors (Lipinski definition) is 6. The van der Waals surface area contributed by atoms with E-state index >= 15 is 0 Å². The number of halogens is 2. The lowest BCUT2D eigenvalue weighted by Crippen LogP contribution is -2.32. The Balaban J connectivity index is 1.05. The maximum Gasteiger partial charge on any atom is 0.337 e. The van der Waals surface area contributed by atoms with Crippen molar-refractivity contribution < 1.29 is 23.4 Å². The summed E-state index contributed by atoms with van der Waals surface area (Å²) in [7, 11) is 1.41. The van der Waals surface area contributed by atoms with Gasteiger partial charge in [0.25, 0.3) is 0 Å². The lowest BCUT2D eigenvalue weighted by atomic mass is 9.77. The molecule has 0 N–H and O–H groups in total. The van der Waals surface area contributed by atoms with Gasteiger partial charge in [0.2, 0.25) is 5.88 Å². The van der Waals surface area contributed by atoms with Crippen molar-refractivity contribution in [3.63, 3.8) is 0 Å². The number of hydrogen-bond donors (Lipinski definition) is 0. The van der Waals surface area contributed by atoms with Crippen LogP contribution in [0.4, 0.5) is 4.39 Å².